The van der Waals surface area contributed by atoms with Crippen molar-refractivity contribution < 1.29 is 78.6 Å². The Kier molecular flexibility index (Phi) is 30.9. The average molecular weight is 1300 g/mol. The summed E-state index contributed by atoms with van der Waals surface area (Å²) in [6, 6.07) is 12.4. The number of benzene rings is 3. The molecule has 0 saturated carbocycles. The molecule has 3 aromatic rings. The summed E-state index contributed by atoms with van der Waals surface area (Å²) in [6.45, 7) is 0.164. The van der Waals surface area contributed by atoms with E-state index in [1.54, 1.807) is 72.8 Å². The van der Waals surface area contributed by atoms with Gasteiger partial charge in [-0.3, -0.25) is 57.9 Å². The van der Waals surface area contributed by atoms with Crippen molar-refractivity contribution in [1.82, 2.24) is 46.6 Å². The standard InChI is InChI=1S/C59H82N16O13.C2H4O2.H2O/c60-39(30-37-21-23-38(77)24-22-37)49(79)69-40(16-7-25-65-58(61)62)54(84)75-29-11-20-47(75)56(86)74-28-9-18-45(74)52(82)67-33-48(78)68-42(31-35-12-3-1-4-13-35)50(80)72-44(34-76)55(85)73-27-10-19-46(73)53(83)71-43(32-36-14-5-2-6-15-36)51(81)70-41(57(87)88)17-8-26-66-59(63)64;1-2(3)4;/h1-6,12-15,21-24,39-47,76-77H,7-11,16-20,25-34,60H2,(H,67,82)(H,68,78)(H,69,79)(H,70,81)(H,71,83)(H,72,80)(H,87,88)(H4,61,62,65)(H4,63,64,66);1H3,(H,3,4);1H2/t39-,40-,41-,42-,43-,44-,45-,46-,47-;;/m0../s1. The van der Waals surface area contributed by atoms with Crippen LogP contribution in [0.3, 0.4) is 0 Å². The van der Waals surface area contributed by atoms with Crippen LogP contribution in [-0.4, -0.2) is 218 Å². The highest BCUT2D eigenvalue weighted by atomic mass is 16.4. The molecule has 0 radical (unpaired) electrons. The number of aliphatic imine (C=N–C) groups is 2. The first-order valence-corrected chi connectivity index (χ1v) is 30.3. The number of hydrogen-bond acceptors (Lipinski definition) is 16. The number of aliphatic hydroxyl groups is 1. The van der Waals surface area contributed by atoms with Gasteiger partial charge in [-0.1, -0.05) is 72.8 Å². The van der Waals surface area contributed by atoms with Crippen LogP contribution in [0.4, 0.5) is 0 Å². The number of phenolic OH excluding ortho intramolecular Hbond substituents is 1. The normalized spacial score (nSPS) is 17.5. The number of carbonyl (C=O) groups is 11. The molecule has 3 aliphatic rings. The molecule has 0 unspecified atom stereocenters. The lowest BCUT2D eigenvalue weighted by atomic mass is 10.0. The summed E-state index contributed by atoms with van der Waals surface area (Å²) < 4.78 is 0. The number of aromatic hydroxyl groups is 1. The highest BCUT2D eigenvalue weighted by molar-refractivity contribution is 5.98. The molecule has 3 aromatic carbocycles. The molecule has 0 spiro atoms. The third-order valence-electron chi connectivity index (χ3n) is 15.4. The van der Waals surface area contributed by atoms with Crippen molar-refractivity contribution in [3.05, 3.63) is 102 Å². The van der Waals surface area contributed by atoms with Crippen LogP contribution in [-0.2, 0) is 72.0 Å². The third-order valence-corrected chi connectivity index (χ3v) is 15.4. The van der Waals surface area contributed by atoms with Crippen molar-refractivity contribution >= 4 is 77.0 Å². The first-order valence-electron chi connectivity index (χ1n) is 30.3. The van der Waals surface area contributed by atoms with E-state index >= 15 is 0 Å². The van der Waals surface area contributed by atoms with Gasteiger partial charge in [0.25, 0.3) is 5.97 Å². The van der Waals surface area contributed by atoms with Gasteiger partial charge in [-0.2, -0.15) is 0 Å². The van der Waals surface area contributed by atoms with Crippen molar-refractivity contribution in [1.29, 1.82) is 0 Å². The molecule has 9 atom stereocenters. The zero-order chi connectivity index (χ0) is 67.4. The number of guanidine groups is 2. The van der Waals surface area contributed by atoms with Crippen LogP contribution in [0, 0.1) is 0 Å². The van der Waals surface area contributed by atoms with Crippen LogP contribution in [0.2, 0.25) is 0 Å². The molecule has 9 amide bonds. The predicted octanol–water partition coefficient (Wildman–Crippen LogP) is -4.29. The summed E-state index contributed by atoms with van der Waals surface area (Å²) in [7, 11) is 0. The van der Waals surface area contributed by atoms with Gasteiger partial charge in [0, 0.05) is 52.5 Å². The minimum Gasteiger partial charge on any atom is -0.508 e. The molecule has 0 bridgehead atoms. The SMILES string of the molecule is CC(=O)O.NC(N)=NCCC[C@H](NC(=O)[C@H](Cc1ccccc1)NC(=O)[C@@H]1CCCN1C(=O)[C@H](CO)NC(=O)[C@H](Cc1ccccc1)NC(=O)CNC(=O)[C@@H]1CCCN1C(=O)[C@@H]1CCCN1C(=O)[C@H](CCCN=C(N)N)NC(=O)[C@@H](N)Cc1ccc(O)cc1)C(=O)O.O. The van der Waals surface area contributed by atoms with E-state index in [4.69, 9.17) is 38.6 Å². The second-order valence-electron chi connectivity index (χ2n) is 22.4. The van der Waals surface area contributed by atoms with E-state index in [2.05, 4.69) is 41.9 Å². The van der Waals surface area contributed by atoms with E-state index < -0.39 is 133 Å². The Hall–Kier alpha value is -9.95. The summed E-state index contributed by atoms with van der Waals surface area (Å²) >= 11 is 0. The highest BCUT2D eigenvalue weighted by Crippen LogP contribution is 2.27. The summed E-state index contributed by atoms with van der Waals surface area (Å²) in [6.07, 6.45) is 2.37. The van der Waals surface area contributed by atoms with Crippen LogP contribution in [0.1, 0.15) is 87.8 Å². The van der Waals surface area contributed by atoms with Gasteiger partial charge in [-0.25, -0.2) is 4.79 Å². The number of carbonyl (C=O) groups excluding carboxylic acids is 9. The van der Waals surface area contributed by atoms with Crippen LogP contribution >= 0.6 is 0 Å². The summed E-state index contributed by atoms with van der Waals surface area (Å²) in [5, 5.41) is 53.3. The van der Waals surface area contributed by atoms with E-state index in [0.717, 1.165) is 6.92 Å². The molecule has 3 heterocycles. The van der Waals surface area contributed by atoms with Gasteiger partial charge in [0.2, 0.25) is 53.2 Å². The van der Waals surface area contributed by atoms with Gasteiger partial charge in [-0.15, -0.1) is 0 Å². The van der Waals surface area contributed by atoms with Crippen LogP contribution in [0.15, 0.2) is 94.9 Å². The summed E-state index contributed by atoms with van der Waals surface area (Å²) in [5.41, 5.74) is 29.9. The van der Waals surface area contributed by atoms with Crippen molar-refractivity contribution in [3.63, 3.8) is 0 Å². The molecule has 93 heavy (non-hydrogen) atoms. The number of rotatable bonds is 31. The van der Waals surface area contributed by atoms with Gasteiger partial charge < -0.3 is 101 Å². The Morgan fingerprint density at radius 1 is 0.538 bits per heavy atom. The Morgan fingerprint density at radius 2 is 0.968 bits per heavy atom. The molecule has 3 fully saturated rings. The number of nitrogens with zero attached hydrogens (tertiary/aromatic N) is 5. The fourth-order valence-electron chi connectivity index (χ4n) is 10.9. The number of phenols is 1. The number of amides is 9. The Bertz CT molecular complexity index is 3080. The van der Waals surface area contributed by atoms with Crippen molar-refractivity contribution in [2.24, 2.45) is 38.7 Å². The van der Waals surface area contributed by atoms with E-state index in [1.807, 2.05) is 0 Å². The lowest BCUT2D eigenvalue weighted by Crippen LogP contribution is -2.60. The molecule has 32 heteroatoms. The van der Waals surface area contributed by atoms with Gasteiger partial charge in [0.15, 0.2) is 11.9 Å². The molecule has 32 nitrogen and oxygen atoms in total. The predicted molar refractivity (Wildman–Crippen MR) is 338 cm³/mol. The minimum absolute atomic E-state index is 0. The van der Waals surface area contributed by atoms with Crippen LogP contribution in [0.5, 0.6) is 5.75 Å². The molecule has 0 aliphatic carbocycles. The molecule has 0 aromatic heterocycles. The smallest absolute Gasteiger partial charge is 0.326 e. The number of likely N-dealkylation sites (tertiary alicyclic amines) is 3. The fourth-order valence-corrected chi connectivity index (χ4v) is 10.9. The Labute approximate surface area is 537 Å². The number of aliphatic carboxylic acids is 2. The van der Waals surface area contributed by atoms with Gasteiger partial charge in [0.1, 0.15) is 54.1 Å². The van der Waals surface area contributed by atoms with E-state index in [0.29, 0.717) is 36.0 Å². The lowest BCUT2D eigenvalue weighted by molar-refractivity contribution is -0.148. The van der Waals surface area contributed by atoms with E-state index in [-0.39, 0.29) is 120 Å². The second kappa shape index (κ2) is 38.0. The fraction of sp³-hybridized carbons (Fsp3) is 0.492. The van der Waals surface area contributed by atoms with Gasteiger partial charge in [0.05, 0.1) is 19.2 Å². The molecule has 22 N–H and O–H groups in total. The maximum atomic E-state index is 14.4. The lowest BCUT2D eigenvalue weighted by Gasteiger charge is -2.33. The molecule has 3 saturated heterocycles. The average Bonchev–Trinajstić information content (AvgIpc) is 1.72. The Morgan fingerprint density at radius 3 is 1.47 bits per heavy atom. The summed E-state index contributed by atoms with van der Waals surface area (Å²) in [4.78, 5) is 159. The first kappa shape index (κ1) is 75.5. The van der Waals surface area contributed by atoms with Crippen molar-refractivity contribution in [2.45, 2.75) is 145 Å². The quantitative estimate of drug-likeness (QED) is 0.0165. The maximum absolute atomic E-state index is 14.4. The summed E-state index contributed by atoms with van der Waals surface area (Å²) in [5.74, 6) is -8.87. The molecular formula is C61H88N16O16. The van der Waals surface area contributed by atoms with Crippen molar-refractivity contribution in [2.75, 3.05) is 45.9 Å². The topological polar surface area (TPSA) is 537 Å². The minimum atomic E-state index is -1.62. The maximum Gasteiger partial charge on any atom is 0.326 e. The number of carboxylic acid groups (broad SMARTS) is 2. The number of nitrogens with one attached hydrogen (secondary N) is 6. The number of nitrogens with two attached hydrogens (primary N) is 5. The molecule has 508 valence electrons. The zero-order valence-electron chi connectivity index (χ0n) is 51.8. The van der Waals surface area contributed by atoms with Crippen LogP contribution < -0.4 is 60.6 Å². The van der Waals surface area contributed by atoms with Crippen molar-refractivity contribution in [3.8, 4) is 5.75 Å². The van der Waals surface area contributed by atoms with Gasteiger partial charge >= 0.3 is 5.97 Å². The molecule has 6 rings (SSSR count). The largest absolute Gasteiger partial charge is 0.508 e. The molecule has 3 aliphatic heterocycles. The Balaban J connectivity index is 0.00000358. The number of hydrogen-bond donors (Lipinski definition) is 15. The van der Waals surface area contributed by atoms with E-state index in [1.165, 1.54) is 26.8 Å². The van der Waals surface area contributed by atoms with E-state index in [9.17, 15) is 63.3 Å². The zero-order valence-corrected chi connectivity index (χ0v) is 51.8. The number of carboxylic acids is 2. The third kappa shape index (κ3) is 24.3. The first-order chi connectivity index (χ1) is 43.9. The monoisotopic (exact) mass is 1300 g/mol. The van der Waals surface area contributed by atoms with Crippen LogP contribution in [0.25, 0.3) is 0 Å². The number of aliphatic hydroxyl groups excluding tert-OH is 1. The molecular weight excluding hydrogens is 1210 g/mol. The highest BCUT2D eigenvalue weighted by Gasteiger charge is 2.45. The van der Waals surface area contributed by atoms with Gasteiger partial charge in [-0.05, 0) is 99.5 Å². The second-order valence-corrected chi connectivity index (χ2v) is 22.4.